The van der Waals surface area contributed by atoms with Crippen molar-refractivity contribution in [2.75, 3.05) is 27.2 Å². The molecule has 1 amide bonds. The van der Waals surface area contributed by atoms with Crippen LogP contribution in [0.15, 0.2) is 47.4 Å². The first kappa shape index (κ1) is 18.3. The van der Waals surface area contributed by atoms with Crippen LogP contribution in [-0.2, 0) is 9.59 Å². The first-order chi connectivity index (χ1) is 12.4. The molecule has 0 unspecified atom stereocenters. The quantitative estimate of drug-likeness (QED) is 0.497. The summed E-state index contributed by atoms with van der Waals surface area (Å²) in [6.07, 6.45) is 0. The Labute approximate surface area is 155 Å². The minimum Gasteiger partial charge on any atom is -0.507 e. The molecule has 2 aromatic rings. The Morgan fingerprint density at radius 1 is 1.23 bits per heavy atom. The number of hydrogen-bond acceptors (Lipinski definition) is 5. The molecule has 1 saturated heterocycles. The highest BCUT2D eigenvalue weighted by Crippen LogP contribution is 2.40. The number of carbonyl (C=O) groups excluding carboxylic acids is 2. The van der Waals surface area contributed by atoms with Crippen molar-refractivity contribution in [1.29, 1.82) is 0 Å². The fraction of sp³-hybridized carbons (Fsp3) is 0.263. The fourth-order valence-corrected chi connectivity index (χ4v) is 3.77. The summed E-state index contributed by atoms with van der Waals surface area (Å²) in [7, 11) is 3.77. The van der Waals surface area contributed by atoms with E-state index in [9.17, 15) is 19.1 Å². The minimum absolute atomic E-state index is 0.0443. The average Bonchev–Trinajstić information content (AvgIpc) is 3.21. The van der Waals surface area contributed by atoms with Crippen molar-refractivity contribution < 1.29 is 19.1 Å². The number of carbonyl (C=O) groups is 2. The van der Waals surface area contributed by atoms with Gasteiger partial charge in [0.25, 0.3) is 11.7 Å². The number of Topliss-reactive ketones (excluding diaryl/α,β-unsaturated/α-hetero) is 1. The summed E-state index contributed by atoms with van der Waals surface area (Å²) in [5.74, 6) is -2.07. The van der Waals surface area contributed by atoms with E-state index in [4.69, 9.17) is 0 Å². The number of halogens is 1. The van der Waals surface area contributed by atoms with Gasteiger partial charge in [0.1, 0.15) is 11.6 Å². The van der Waals surface area contributed by atoms with Gasteiger partial charge in [0.2, 0.25) is 0 Å². The molecular weight excluding hydrogens is 355 g/mol. The summed E-state index contributed by atoms with van der Waals surface area (Å²) in [4.78, 5) is 29.4. The van der Waals surface area contributed by atoms with Crippen LogP contribution in [0, 0.1) is 5.82 Å². The lowest BCUT2D eigenvalue weighted by Gasteiger charge is -2.25. The number of benzene rings is 1. The van der Waals surface area contributed by atoms with Crippen molar-refractivity contribution in [3.63, 3.8) is 0 Å². The molecule has 0 bridgehead atoms. The van der Waals surface area contributed by atoms with Crippen molar-refractivity contribution in [3.05, 3.63) is 63.6 Å². The highest BCUT2D eigenvalue weighted by atomic mass is 32.1. The number of nitrogens with zero attached hydrogens (tertiary/aromatic N) is 2. The third-order valence-corrected chi connectivity index (χ3v) is 5.18. The lowest BCUT2D eigenvalue weighted by molar-refractivity contribution is -0.140. The van der Waals surface area contributed by atoms with E-state index in [1.165, 1.54) is 40.5 Å². The maximum absolute atomic E-state index is 13.2. The number of likely N-dealkylation sites (tertiary alicyclic amines) is 1. The lowest BCUT2D eigenvalue weighted by atomic mass is 10.00. The Morgan fingerprint density at radius 2 is 1.92 bits per heavy atom. The summed E-state index contributed by atoms with van der Waals surface area (Å²) in [6, 6.07) is 8.23. The Hall–Kier alpha value is -2.51. The van der Waals surface area contributed by atoms with Gasteiger partial charge in [0, 0.05) is 23.5 Å². The Balaban J connectivity index is 2.09. The topological polar surface area (TPSA) is 60.9 Å². The summed E-state index contributed by atoms with van der Waals surface area (Å²) < 4.78 is 13.2. The lowest BCUT2D eigenvalue weighted by Crippen LogP contribution is -2.35. The smallest absolute Gasteiger partial charge is 0.295 e. The summed E-state index contributed by atoms with van der Waals surface area (Å²) >= 11 is 1.42. The molecule has 26 heavy (non-hydrogen) atoms. The largest absolute Gasteiger partial charge is 0.507 e. The molecule has 1 fully saturated rings. The zero-order valence-electron chi connectivity index (χ0n) is 14.5. The van der Waals surface area contributed by atoms with Crippen LogP contribution < -0.4 is 0 Å². The average molecular weight is 374 g/mol. The van der Waals surface area contributed by atoms with Crippen molar-refractivity contribution in [2.45, 2.75) is 6.04 Å². The van der Waals surface area contributed by atoms with Crippen LogP contribution in [0.4, 0.5) is 4.39 Å². The van der Waals surface area contributed by atoms with E-state index in [1.807, 2.05) is 36.5 Å². The van der Waals surface area contributed by atoms with Crippen LogP contribution in [0.2, 0.25) is 0 Å². The molecule has 0 aliphatic carbocycles. The number of amides is 1. The van der Waals surface area contributed by atoms with Gasteiger partial charge >= 0.3 is 0 Å². The molecule has 5 nitrogen and oxygen atoms in total. The molecule has 1 N–H and O–H groups in total. The third-order valence-electron chi connectivity index (χ3n) is 4.26. The number of aliphatic hydroxyl groups excluding tert-OH is 1. The van der Waals surface area contributed by atoms with Crippen LogP contribution >= 0.6 is 11.3 Å². The third kappa shape index (κ3) is 3.40. The SMILES string of the molecule is CN(C)CCN1C(=O)C(=O)C(=C(O)c2ccc(F)cc2)[C@@H]1c1cccs1. The highest BCUT2D eigenvalue weighted by Gasteiger charge is 2.46. The van der Waals surface area contributed by atoms with Crippen molar-refractivity contribution >= 4 is 28.8 Å². The van der Waals surface area contributed by atoms with Gasteiger partial charge in [-0.3, -0.25) is 9.59 Å². The zero-order chi connectivity index (χ0) is 18.8. The molecule has 1 aromatic heterocycles. The van der Waals surface area contributed by atoms with Gasteiger partial charge in [-0.25, -0.2) is 4.39 Å². The van der Waals surface area contributed by atoms with Crippen molar-refractivity contribution in [2.24, 2.45) is 0 Å². The molecule has 1 aliphatic heterocycles. The molecule has 2 heterocycles. The van der Waals surface area contributed by atoms with Crippen molar-refractivity contribution in [1.82, 2.24) is 9.80 Å². The van der Waals surface area contributed by atoms with Gasteiger partial charge in [-0.2, -0.15) is 0 Å². The standard InChI is InChI=1S/C19H19FN2O3S/c1-21(2)9-10-22-16(14-4-3-11-26-14)15(18(24)19(22)25)17(23)12-5-7-13(20)8-6-12/h3-8,11,16,23H,9-10H2,1-2H3/t16-/m0/s1. The molecule has 0 radical (unpaired) electrons. The molecule has 0 spiro atoms. The van der Waals surface area contributed by atoms with Crippen LogP contribution in [0.5, 0.6) is 0 Å². The van der Waals surface area contributed by atoms with Crippen molar-refractivity contribution in [3.8, 4) is 0 Å². The molecule has 1 aliphatic rings. The van der Waals surface area contributed by atoms with E-state index in [-0.39, 0.29) is 11.3 Å². The van der Waals surface area contributed by atoms with Crippen LogP contribution in [0.3, 0.4) is 0 Å². The predicted octanol–water partition coefficient (Wildman–Crippen LogP) is 2.87. The summed E-state index contributed by atoms with van der Waals surface area (Å²) in [5.41, 5.74) is 0.348. The molecule has 7 heteroatoms. The number of rotatable bonds is 5. The van der Waals surface area contributed by atoms with Crippen LogP contribution in [-0.4, -0.2) is 53.8 Å². The maximum Gasteiger partial charge on any atom is 0.295 e. The van der Waals surface area contributed by atoms with Crippen LogP contribution in [0.25, 0.3) is 5.76 Å². The van der Waals surface area contributed by atoms with E-state index in [0.29, 0.717) is 18.7 Å². The molecule has 136 valence electrons. The normalized spacial score (nSPS) is 19.5. The number of aliphatic hydroxyl groups is 1. The molecule has 1 aromatic carbocycles. The second-order valence-corrected chi connectivity index (χ2v) is 7.30. The van der Waals surface area contributed by atoms with Gasteiger partial charge in [-0.15, -0.1) is 11.3 Å². The first-order valence-electron chi connectivity index (χ1n) is 8.12. The highest BCUT2D eigenvalue weighted by molar-refractivity contribution is 7.10. The Kier molecular flexibility index (Phi) is 5.20. The number of hydrogen-bond donors (Lipinski definition) is 1. The molecular formula is C19H19FN2O3S. The van der Waals surface area contributed by atoms with E-state index in [1.54, 1.807) is 0 Å². The Morgan fingerprint density at radius 3 is 2.50 bits per heavy atom. The number of thiophene rings is 1. The molecule has 0 saturated carbocycles. The fourth-order valence-electron chi connectivity index (χ4n) is 2.92. The van der Waals surface area contributed by atoms with Gasteiger partial charge in [0.15, 0.2) is 0 Å². The number of likely N-dealkylation sites (N-methyl/N-ethyl adjacent to an activating group) is 1. The first-order valence-corrected chi connectivity index (χ1v) is 9.00. The van der Waals surface area contributed by atoms with E-state index >= 15 is 0 Å². The monoisotopic (exact) mass is 374 g/mol. The second-order valence-electron chi connectivity index (χ2n) is 6.32. The molecule has 1 atom stereocenters. The second kappa shape index (κ2) is 7.39. The van der Waals surface area contributed by atoms with Gasteiger partial charge in [0.05, 0.1) is 11.6 Å². The molecule has 3 rings (SSSR count). The van der Waals surface area contributed by atoms with E-state index in [0.717, 1.165) is 4.88 Å². The summed E-state index contributed by atoms with van der Waals surface area (Å²) in [5, 5.41) is 12.6. The van der Waals surface area contributed by atoms with Gasteiger partial charge < -0.3 is 14.9 Å². The maximum atomic E-state index is 13.2. The minimum atomic E-state index is -0.719. The number of ketones is 1. The van der Waals surface area contributed by atoms with Gasteiger partial charge in [-0.1, -0.05) is 6.07 Å². The van der Waals surface area contributed by atoms with Crippen LogP contribution in [0.1, 0.15) is 16.5 Å². The zero-order valence-corrected chi connectivity index (χ0v) is 15.3. The van der Waals surface area contributed by atoms with E-state index in [2.05, 4.69) is 0 Å². The predicted molar refractivity (Wildman–Crippen MR) is 98.3 cm³/mol. The van der Waals surface area contributed by atoms with E-state index < -0.39 is 23.5 Å². The summed E-state index contributed by atoms with van der Waals surface area (Å²) in [6.45, 7) is 0.950. The van der Waals surface area contributed by atoms with Gasteiger partial charge in [-0.05, 0) is 49.8 Å². The Bertz CT molecular complexity index is 844.